The molecule has 10 heteroatoms. The molecule has 49 heavy (non-hydrogen) atoms. The quantitative estimate of drug-likeness (QED) is 0.229. The molecule has 1 unspecified atom stereocenters. The number of nitrogens with one attached hydrogen (secondary N) is 1. The van der Waals surface area contributed by atoms with Gasteiger partial charge in [-0.1, -0.05) is 51.0 Å². The highest BCUT2D eigenvalue weighted by Crippen LogP contribution is 2.28. The van der Waals surface area contributed by atoms with Gasteiger partial charge in [-0.25, -0.2) is 4.79 Å². The molecule has 1 N–H and O–H groups in total. The molecule has 0 spiro atoms. The summed E-state index contributed by atoms with van der Waals surface area (Å²) in [5.41, 5.74) is 4.53. The number of carbonyl (C=O) groups is 3. The van der Waals surface area contributed by atoms with Crippen molar-refractivity contribution in [2.24, 2.45) is 13.0 Å². The molecule has 2 amide bonds. The minimum atomic E-state index is -0.740. The van der Waals surface area contributed by atoms with Crippen molar-refractivity contribution in [3.8, 4) is 0 Å². The van der Waals surface area contributed by atoms with Crippen LogP contribution in [0, 0.1) is 5.92 Å². The van der Waals surface area contributed by atoms with E-state index in [9.17, 15) is 19.2 Å². The molecule has 2 aromatic carbocycles. The van der Waals surface area contributed by atoms with Gasteiger partial charge >= 0.3 is 5.69 Å². The first-order chi connectivity index (χ1) is 23.8. The largest absolute Gasteiger partial charge is 0.357 e. The monoisotopic (exact) mass is 672 g/mol. The molecule has 10 nitrogen and oxygen atoms in total. The number of amides is 2. The molecule has 2 fully saturated rings. The number of imidazole rings is 1. The van der Waals surface area contributed by atoms with Crippen LogP contribution in [0.5, 0.6) is 0 Å². The number of likely N-dealkylation sites (N-methyl/N-ethyl adjacent to an activating group) is 1. The summed E-state index contributed by atoms with van der Waals surface area (Å²) in [6.07, 6.45) is 8.10. The molecule has 266 valence electrons. The number of benzene rings is 2. The van der Waals surface area contributed by atoms with E-state index in [4.69, 9.17) is 0 Å². The van der Waals surface area contributed by atoms with Crippen LogP contribution in [0.4, 0.5) is 0 Å². The van der Waals surface area contributed by atoms with Gasteiger partial charge in [0.2, 0.25) is 5.91 Å². The van der Waals surface area contributed by atoms with Gasteiger partial charge in [-0.05, 0) is 73.3 Å². The number of hydrogen-bond donors (Lipinski definition) is 1. The number of rotatable bonds is 15. The maximum Gasteiger partial charge on any atom is 0.329 e. The summed E-state index contributed by atoms with van der Waals surface area (Å²) < 4.78 is 3.19. The zero-order chi connectivity index (χ0) is 34.9. The van der Waals surface area contributed by atoms with E-state index < -0.39 is 6.04 Å². The molecule has 1 atom stereocenters. The van der Waals surface area contributed by atoms with Crippen LogP contribution in [0.1, 0.15) is 98.7 Å². The van der Waals surface area contributed by atoms with Crippen LogP contribution in [-0.2, 0) is 23.2 Å². The van der Waals surface area contributed by atoms with Gasteiger partial charge in [0, 0.05) is 78.4 Å². The second-order valence-corrected chi connectivity index (χ2v) is 14.1. The fourth-order valence-corrected chi connectivity index (χ4v) is 8.03. The molecule has 1 aromatic heterocycles. The van der Waals surface area contributed by atoms with Gasteiger partial charge in [0.25, 0.3) is 5.91 Å². The highest BCUT2D eigenvalue weighted by atomic mass is 16.2. The lowest BCUT2D eigenvalue weighted by molar-refractivity contribution is -0.124. The van der Waals surface area contributed by atoms with Crippen molar-refractivity contribution in [3.05, 3.63) is 69.6 Å². The van der Waals surface area contributed by atoms with Gasteiger partial charge in [-0.3, -0.25) is 23.6 Å². The van der Waals surface area contributed by atoms with Crippen molar-refractivity contribution in [3.63, 3.8) is 0 Å². The highest BCUT2D eigenvalue weighted by molar-refractivity contribution is 5.94. The summed E-state index contributed by atoms with van der Waals surface area (Å²) in [6.45, 7) is 11.8. The third-order valence-corrected chi connectivity index (χ3v) is 10.8. The molecule has 2 aliphatic rings. The van der Waals surface area contributed by atoms with Crippen LogP contribution in [0.3, 0.4) is 0 Å². The normalized spacial score (nSPS) is 17.1. The maximum absolute atomic E-state index is 13.4. The fraction of sp³-hybridized carbons (Fsp3) is 0.590. The van der Waals surface area contributed by atoms with Crippen molar-refractivity contribution >= 4 is 29.1 Å². The number of fused-ring (bicyclic) bond motifs is 1. The van der Waals surface area contributed by atoms with Crippen LogP contribution in [0.2, 0.25) is 0 Å². The average Bonchev–Trinajstić information content (AvgIpc) is 3.38. The number of piperidine rings is 1. The highest BCUT2D eigenvalue weighted by Gasteiger charge is 2.29. The lowest BCUT2D eigenvalue weighted by atomic mass is 9.90. The molecular weight excluding hydrogens is 616 g/mol. The predicted octanol–water partition coefficient (Wildman–Crippen LogP) is 4.96. The number of carbonyl (C=O) groups excluding carboxylic acids is 3. The first kappa shape index (κ1) is 36.5. The number of hydrogen-bond acceptors (Lipinski definition) is 6. The Kier molecular flexibility index (Phi) is 12.9. The van der Waals surface area contributed by atoms with Crippen LogP contribution in [0.15, 0.2) is 47.3 Å². The smallest absolute Gasteiger partial charge is 0.329 e. The molecule has 3 aromatic rings. The minimum Gasteiger partial charge on any atom is -0.357 e. The van der Waals surface area contributed by atoms with Crippen molar-refractivity contribution in [2.75, 3.05) is 52.9 Å². The average molecular weight is 673 g/mol. The van der Waals surface area contributed by atoms with Crippen molar-refractivity contribution in [1.29, 1.82) is 0 Å². The Bertz CT molecular complexity index is 1610. The Morgan fingerprint density at radius 3 is 2.16 bits per heavy atom. The van der Waals surface area contributed by atoms with E-state index in [0.717, 1.165) is 93.6 Å². The Morgan fingerprint density at radius 1 is 0.898 bits per heavy atom. The number of likely N-dealkylation sites (tertiary alicyclic amines) is 1. The lowest BCUT2D eigenvalue weighted by Crippen LogP contribution is -2.48. The Balaban J connectivity index is 1.13. The lowest BCUT2D eigenvalue weighted by Gasteiger charge is -2.39. The van der Waals surface area contributed by atoms with Crippen LogP contribution < -0.4 is 11.0 Å². The molecule has 3 heterocycles. The fourth-order valence-electron chi connectivity index (χ4n) is 8.03. The molecular formula is C39H56N6O4. The first-order valence-corrected chi connectivity index (χ1v) is 18.5. The Morgan fingerprint density at radius 2 is 1.55 bits per heavy atom. The number of aromatic nitrogens is 2. The van der Waals surface area contributed by atoms with Gasteiger partial charge in [-0.2, -0.15) is 0 Å². The Hall–Kier alpha value is -3.76. The number of aldehydes is 1. The van der Waals surface area contributed by atoms with Crippen LogP contribution in [0.25, 0.3) is 11.0 Å². The van der Waals surface area contributed by atoms with Gasteiger partial charge in [0.05, 0.1) is 11.0 Å². The number of para-hydroxylation sites is 1. The first-order valence-electron chi connectivity index (χ1n) is 18.5. The van der Waals surface area contributed by atoms with E-state index in [1.54, 1.807) is 23.2 Å². The van der Waals surface area contributed by atoms with Crippen LogP contribution >= 0.6 is 0 Å². The van der Waals surface area contributed by atoms with E-state index >= 15 is 0 Å². The van der Waals surface area contributed by atoms with Crippen molar-refractivity contribution in [1.82, 2.24) is 29.2 Å². The topological polar surface area (TPSA) is 99.9 Å². The second kappa shape index (κ2) is 17.3. The molecule has 5 rings (SSSR count). The third-order valence-electron chi connectivity index (χ3n) is 10.8. The minimum absolute atomic E-state index is 0.161. The third kappa shape index (κ3) is 8.52. The van der Waals surface area contributed by atoms with E-state index in [0.29, 0.717) is 11.8 Å². The molecule has 2 saturated heterocycles. The molecule has 2 aliphatic heterocycles. The maximum atomic E-state index is 13.4. The van der Waals surface area contributed by atoms with Crippen LogP contribution in [-0.4, -0.2) is 94.8 Å². The van der Waals surface area contributed by atoms with E-state index in [2.05, 4.69) is 47.2 Å². The summed E-state index contributed by atoms with van der Waals surface area (Å²) >= 11 is 0. The zero-order valence-electron chi connectivity index (χ0n) is 30.0. The van der Waals surface area contributed by atoms with Gasteiger partial charge in [0.15, 0.2) is 0 Å². The Labute approximate surface area is 291 Å². The molecule has 0 radical (unpaired) electrons. The van der Waals surface area contributed by atoms with Crippen molar-refractivity contribution < 1.29 is 14.4 Å². The standard InChI is InChI=1S/C39H56N6O4/c1-5-9-30(10-6-2)31-14-16-32(17-15-31)38(48)44-20-18-29(19-21-44)27-42-22-24-43(25-23-42)28-33-11-7-12-34-36(33)41(4)39(49)45(34)35(13-8-26-46)37(47)40-3/h7,11-12,14-17,26,29-30,35H,5-6,8-10,13,18-25,27-28H2,1-4H3,(H,40,47). The zero-order valence-corrected chi connectivity index (χ0v) is 30.0. The summed E-state index contributed by atoms with van der Waals surface area (Å²) in [4.78, 5) is 57.6. The summed E-state index contributed by atoms with van der Waals surface area (Å²) in [7, 11) is 3.31. The summed E-state index contributed by atoms with van der Waals surface area (Å²) in [5.74, 6) is 1.07. The number of nitrogens with zero attached hydrogens (tertiary/aromatic N) is 5. The van der Waals surface area contributed by atoms with E-state index in [1.165, 1.54) is 31.2 Å². The summed E-state index contributed by atoms with van der Waals surface area (Å²) in [6, 6.07) is 13.6. The SMILES string of the molecule is CCCC(CCC)c1ccc(C(=O)N2CCC(CN3CCN(Cc4cccc5c4n(C)c(=O)n5C(CCC=O)C(=O)NC)CC3)CC2)cc1. The van der Waals surface area contributed by atoms with Gasteiger partial charge in [-0.15, -0.1) is 0 Å². The van der Waals surface area contributed by atoms with E-state index in [1.807, 2.05) is 29.2 Å². The summed E-state index contributed by atoms with van der Waals surface area (Å²) in [5, 5.41) is 2.66. The number of piperazine rings is 1. The van der Waals surface area contributed by atoms with Gasteiger partial charge < -0.3 is 19.9 Å². The van der Waals surface area contributed by atoms with E-state index in [-0.39, 0.29) is 30.3 Å². The molecule has 0 bridgehead atoms. The predicted molar refractivity (Wildman–Crippen MR) is 195 cm³/mol. The molecule has 0 aliphatic carbocycles. The van der Waals surface area contributed by atoms with Crippen molar-refractivity contribution in [2.45, 2.75) is 83.7 Å². The second-order valence-electron chi connectivity index (χ2n) is 14.1. The molecule has 0 saturated carbocycles. The number of aryl methyl sites for hydroxylation is 1. The van der Waals surface area contributed by atoms with Gasteiger partial charge in [0.1, 0.15) is 12.3 Å².